The van der Waals surface area contributed by atoms with Crippen LogP contribution in [0.5, 0.6) is 0 Å². The molecule has 2 saturated heterocycles. The van der Waals surface area contributed by atoms with Gasteiger partial charge in [-0.25, -0.2) is 4.39 Å². The summed E-state index contributed by atoms with van der Waals surface area (Å²) < 4.78 is 25.3. The maximum absolute atomic E-state index is 13.7. The standard InChI is InChI=1S/C22H25FN2O4/c1-15-7-13-28-19(15)21(27)25-11-9-22(10-12-25)8-6-16(29-22)14-24-20(26)17-4-2-3-5-18(17)23/h2-5,7,13,16H,6,8-12,14H2,1H3,(H,24,26)/t16-/m0/s1. The van der Waals surface area contributed by atoms with Crippen LogP contribution in [0.1, 0.15) is 52.2 Å². The molecule has 1 spiro atoms. The zero-order valence-electron chi connectivity index (χ0n) is 16.4. The van der Waals surface area contributed by atoms with Crippen molar-refractivity contribution in [2.45, 2.75) is 44.3 Å². The van der Waals surface area contributed by atoms with E-state index in [-0.39, 0.29) is 23.2 Å². The number of carbonyl (C=O) groups excluding carboxylic acids is 2. The van der Waals surface area contributed by atoms with Crippen LogP contribution in [0.25, 0.3) is 0 Å². The fraction of sp³-hybridized carbons (Fsp3) is 0.455. The van der Waals surface area contributed by atoms with E-state index in [1.165, 1.54) is 18.4 Å². The van der Waals surface area contributed by atoms with E-state index in [0.717, 1.165) is 31.2 Å². The lowest BCUT2D eigenvalue weighted by atomic mass is 9.88. The van der Waals surface area contributed by atoms with Crippen molar-refractivity contribution in [1.82, 2.24) is 10.2 Å². The van der Waals surface area contributed by atoms with Gasteiger partial charge in [-0.05, 0) is 50.8 Å². The summed E-state index contributed by atoms with van der Waals surface area (Å²) in [7, 11) is 0. The Kier molecular flexibility index (Phi) is 5.41. The molecule has 6 nitrogen and oxygen atoms in total. The van der Waals surface area contributed by atoms with Gasteiger partial charge in [-0.2, -0.15) is 0 Å². The van der Waals surface area contributed by atoms with Gasteiger partial charge in [0.1, 0.15) is 5.82 Å². The first kappa shape index (κ1) is 19.6. The molecule has 154 valence electrons. The summed E-state index contributed by atoms with van der Waals surface area (Å²) in [6, 6.07) is 7.72. The number of rotatable bonds is 4. The van der Waals surface area contributed by atoms with Crippen LogP contribution in [0.4, 0.5) is 4.39 Å². The molecule has 1 atom stereocenters. The molecule has 2 aromatic rings. The van der Waals surface area contributed by atoms with Crippen molar-refractivity contribution < 1.29 is 23.1 Å². The number of piperidine rings is 1. The molecule has 29 heavy (non-hydrogen) atoms. The number of halogens is 1. The molecular formula is C22H25FN2O4. The van der Waals surface area contributed by atoms with E-state index < -0.39 is 11.7 Å². The first-order valence-corrected chi connectivity index (χ1v) is 10.0. The first-order valence-electron chi connectivity index (χ1n) is 10.0. The number of hydrogen-bond acceptors (Lipinski definition) is 4. The molecule has 0 unspecified atom stereocenters. The fourth-order valence-corrected chi connectivity index (χ4v) is 4.21. The molecule has 2 amide bonds. The summed E-state index contributed by atoms with van der Waals surface area (Å²) in [5.74, 6) is -0.629. The second kappa shape index (κ2) is 7.99. The summed E-state index contributed by atoms with van der Waals surface area (Å²) in [6.45, 7) is 3.45. The third-order valence-corrected chi connectivity index (χ3v) is 5.97. The Morgan fingerprint density at radius 2 is 1.97 bits per heavy atom. The molecule has 0 radical (unpaired) electrons. The fourth-order valence-electron chi connectivity index (χ4n) is 4.21. The molecule has 1 aromatic carbocycles. The summed E-state index contributed by atoms with van der Waals surface area (Å²) >= 11 is 0. The minimum atomic E-state index is -0.530. The lowest BCUT2D eigenvalue weighted by Gasteiger charge is -2.39. The molecule has 2 aliphatic heterocycles. The third-order valence-electron chi connectivity index (χ3n) is 5.97. The lowest BCUT2D eigenvalue weighted by molar-refractivity contribution is -0.0714. The highest BCUT2D eigenvalue weighted by Gasteiger charge is 2.43. The largest absolute Gasteiger partial charge is 0.459 e. The SMILES string of the molecule is Cc1ccoc1C(=O)N1CCC2(CC[C@@H](CNC(=O)c3ccccc3F)O2)CC1. The van der Waals surface area contributed by atoms with Gasteiger partial charge < -0.3 is 19.4 Å². The lowest BCUT2D eigenvalue weighted by Crippen LogP contribution is -2.47. The Morgan fingerprint density at radius 3 is 2.66 bits per heavy atom. The maximum Gasteiger partial charge on any atom is 0.289 e. The number of benzene rings is 1. The van der Waals surface area contributed by atoms with Crippen LogP contribution in [0.15, 0.2) is 41.0 Å². The number of ether oxygens (including phenoxy) is 1. The predicted octanol–water partition coefficient (Wildman–Crippen LogP) is 3.31. The van der Waals surface area contributed by atoms with Gasteiger partial charge in [0.05, 0.1) is 23.5 Å². The molecule has 1 N–H and O–H groups in total. The zero-order chi connectivity index (χ0) is 20.4. The normalized spacial score (nSPS) is 20.8. The zero-order valence-corrected chi connectivity index (χ0v) is 16.4. The van der Waals surface area contributed by atoms with E-state index >= 15 is 0 Å². The number of nitrogens with one attached hydrogen (secondary N) is 1. The van der Waals surface area contributed by atoms with Crippen LogP contribution >= 0.6 is 0 Å². The van der Waals surface area contributed by atoms with Crippen molar-refractivity contribution >= 4 is 11.8 Å². The van der Waals surface area contributed by atoms with E-state index in [2.05, 4.69) is 5.32 Å². The van der Waals surface area contributed by atoms with Crippen molar-refractivity contribution in [1.29, 1.82) is 0 Å². The van der Waals surface area contributed by atoms with Gasteiger partial charge in [-0.15, -0.1) is 0 Å². The van der Waals surface area contributed by atoms with Gasteiger partial charge in [0, 0.05) is 25.2 Å². The van der Waals surface area contributed by atoms with Crippen LogP contribution < -0.4 is 5.32 Å². The van der Waals surface area contributed by atoms with Crippen molar-refractivity contribution in [3.8, 4) is 0 Å². The number of nitrogens with zero attached hydrogens (tertiary/aromatic N) is 1. The Bertz CT molecular complexity index is 902. The van der Waals surface area contributed by atoms with E-state index in [1.54, 1.807) is 18.2 Å². The highest BCUT2D eigenvalue weighted by Crippen LogP contribution is 2.39. The Labute approximate surface area is 169 Å². The minimum Gasteiger partial charge on any atom is -0.459 e. The van der Waals surface area contributed by atoms with E-state index in [4.69, 9.17) is 9.15 Å². The summed E-state index contributed by atoms with van der Waals surface area (Å²) in [5, 5.41) is 2.77. The van der Waals surface area contributed by atoms with Crippen LogP contribution in [-0.4, -0.2) is 48.1 Å². The Balaban J connectivity index is 1.28. The minimum absolute atomic E-state index is 0.0419. The topological polar surface area (TPSA) is 71.8 Å². The molecule has 2 fully saturated rings. The summed E-state index contributed by atoms with van der Waals surface area (Å²) in [5.41, 5.74) is 0.640. The van der Waals surface area contributed by atoms with Crippen molar-refractivity contribution in [3.63, 3.8) is 0 Å². The van der Waals surface area contributed by atoms with Crippen molar-refractivity contribution in [2.75, 3.05) is 19.6 Å². The van der Waals surface area contributed by atoms with Crippen molar-refractivity contribution in [3.05, 3.63) is 59.3 Å². The highest BCUT2D eigenvalue weighted by atomic mass is 19.1. The van der Waals surface area contributed by atoms with E-state index in [0.29, 0.717) is 25.4 Å². The summed E-state index contributed by atoms with van der Waals surface area (Å²) in [4.78, 5) is 26.6. The third kappa shape index (κ3) is 4.05. The number of carbonyl (C=O) groups is 2. The monoisotopic (exact) mass is 400 g/mol. The molecular weight excluding hydrogens is 375 g/mol. The second-order valence-electron chi connectivity index (χ2n) is 7.88. The van der Waals surface area contributed by atoms with Crippen LogP contribution in [0, 0.1) is 12.7 Å². The first-order chi connectivity index (χ1) is 14.0. The van der Waals surface area contributed by atoms with Crippen molar-refractivity contribution in [2.24, 2.45) is 0 Å². The van der Waals surface area contributed by atoms with Gasteiger partial charge in [-0.1, -0.05) is 12.1 Å². The smallest absolute Gasteiger partial charge is 0.289 e. The molecule has 3 heterocycles. The van der Waals surface area contributed by atoms with Gasteiger partial charge in [0.25, 0.3) is 11.8 Å². The van der Waals surface area contributed by atoms with Gasteiger partial charge in [0.2, 0.25) is 0 Å². The van der Waals surface area contributed by atoms with Crippen LogP contribution in [-0.2, 0) is 4.74 Å². The molecule has 0 saturated carbocycles. The highest BCUT2D eigenvalue weighted by molar-refractivity contribution is 5.94. The Hall–Kier alpha value is -2.67. The summed E-state index contributed by atoms with van der Waals surface area (Å²) in [6.07, 6.45) is 4.69. The predicted molar refractivity (Wildman–Crippen MR) is 104 cm³/mol. The second-order valence-corrected chi connectivity index (χ2v) is 7.88. The number of aryl methyl sites for hydroxylation is 1. The number of hydrogen-bond donors (Lipinski definition) is 1. The maximum atomic E-state index is 13.7. The van der Waals surface area contributed by atoms with Crippen LogP contribution in [0.2, 0.25) is 0 Å². The molecule has 1 aromatic heterocycles. The Morgan fingerprint density at radius 1 is 1.21 bits per heavy atom. The van der Waals surface area contributed by atoms with Gasteiger partial charge >= 0.3 is 0 Å². The number of furan rings is 1. The van der Waals surface area contributed by atoms with Gasteiger partial charge in [0.15, 0.2) is 5.76 Å². The van der Waals surface area contributed by atoms with Crippen LogP contribution in [0.3, 0.4) is 0 Å². The average Bonchev–Trinajstić information content (AvgIpc) is 3.33. The molecule has 7 heteroatoms. The molecule has 0 bridgehead atoms. The van der Waals surface area contributed by atoms with E-state index in [1.807, 2.05) is 11.8 Å². The molecule has 0 aliphatic carbocycles. The van der Waals surface area contributed by atoms with E-state index in [9.17, 15) is 14.0 Å². The molecule has 2 aliphatic rings. The average molecular weight is 400 g/mol. The van der Waals surface area contributed by atoms with Gasteiger partial charge in [-0.3, -0.25) is 9.59 Å². The quantitative estimate of drug-likeness (QED) is 0.855. The number of likely N-dealkylation sites (tertiary alicyclic amines) is 1. The molecule has 4 rings (SSSR count). The number of amides is 2.